The molecule has 0 saturated carbocycles. The fourth-order valence-electron chi connectivity index (χ4n) is 3.32. The van der Waals surface area contributed by atoms with Gasteiger partial charge >= 0.3 is 5.97 Å². The Kier molecular flexibility index (Phi) is 6.10. The van der Waals surface area contributed by atoms with Crippen LogP contribution >= 0.6 is 11.8 Å². The maximum atomic E-state index is 13.0. The van der Waals surface area contributed by atoms with Crippen LogP contribution < -0.4 is 0 Å². The first-order valence-electron chi connectivity index (χ1n) is 8.75. The van der Waals surface area contributed by atoms with Gasteiger partial charge in [-0.1, -0.05) is 60.7 Å². The van der Waals surface area contributed by atoms with Crippen LogP contribution in [0.15, 0.2) is 76.3 Å². The molecule has 0 spiro atoms. The third-order valence-corrected chi connectivity index (χ3v) is 5.17. The molecule has 1 aliphatic heterocycles. The average Bonchev–Trinajstić information content (AvgIpc) is 2.73. The number of carbonyl (C=O) groups excluding carboxylic acids is 1. The molecule has 2 aromatic carbocycles. The molecule has 1 aliphatic rings. The zero-order valence-corrected chi connectivity index (χ0v) is 16.1. The quantitative estimate of drug-likeness (QED) is 0.718. The molecule has 3 rings (SSSR count). The van der Waals surface area contributed by atoms with Crippen molar-refractivity contribution in [1.29, 1.82) is 5.26 Å². The van der Waals surface area contributed by atoms with E-state index in [1.165, 1.54) is 11.8 Å². The third-order valence-electron chi connectivity index (χ3n) is 4.47. The van der Waals surface area contributed by atoms with E-state index in [4.69, 9.17) is 9.73 Å². The highest BCUT2D eigenvalue weighted by Gasteiger charge is 2.42. The van der Waals surface area contributed by atoms with Crippen molar-refractivity contribution in [2.75, 3.05) is 12.9 Å². The number of ether oxygens (including phenoxy) is 1. The number of nitriles is 1. The first-order chi connectivity index (χ1) is 13.2. The molecular weight excluding hydrogens is 356 g/mol. The van der Waals surface area contributed by atoms with Gasteiger partial charge in [0.2, 0.25) is 0 Å². The summed E-state index contributed by atoms with van der Waals surface area (Å²) in [5.41, 5.74) is 2.92. The number of hydrogen-bond donors (Lipinski definition) is 0. The Balaban J connectivity index is 2.25. The Morgan fingerprint density at radius 3 is 2.33 bits per heavy atom. The zero-order chi connectivity index (χ0) is 19.2. The minimum absolute atomic E-state index is 0.278. The van der Waals surface area contributed by atoms with E-state index < -0.39 is 11.8 Å². The molecule has 0 aliphatic carbocycles. The van der Waals surface area contributed by atoms with Crippen molar-refractivity contribution in [2.45, 2.75) is 12.8 Å². The SMILES string of the molecule is CCOC(=O)C1C(c2ccccc2)=NC(SC)=C(C#N)[C@H]1c1ccccc1. The molecule has 1 heterocycles. The van der Waals surface area contributed by atoms with E-state index in [-0.39, 0.29) is 12.6 Å². The van der Waals surface area contributed by atoms with Gasteiger partial charge in [-0.25, -0.2) is 4.99 Å². The molecule has 0 bridgehead atoms. The van der Waals surface area contributed by atoms with Gasteiger partial charge in [0, 0.05) is 5.92 Å². The lowest BCUT2D eigenvalue weighted by Gasteiger charge is -2.31. The van der Waals surface area contributed by atoms with Crippen molar-refractivity contribution < 1.29 is 9.53 Å². The first kappa shape index (κ1) is 18.9. The van der Waals surface area contributed by atoms with Crippen LogP contribution in [0.4, 0.5) is 0 Å². The fraction of sp³-hybridized carbons (Fsp3) is 0.227. The van der Waals surface area contributed by atoms with Gasteiger partial charge in [-0.3, -0.25) is 4.79 Å². The van der Waals surface area contributed by atoms with Crippen molar-refractivity contribution in [3.63, 3.8) is 0 Å². The average molecular weight is 376 g/mol. The van der Waals surface area contributed by atoms with Crippen LogP contribution in [0.3, 0.4) is 0 Å². The van der Waals surface area contributed by atoms with Gasteiger partial charge in [-0.05, 0) is 24.3 Å². The Bertz CT molecular complexity index is 914. The molecule has 2 aromatic rings. The van der Waals surface area contributed by atoms with Gasteiger partial charge < -0.3 is 4.74 Å². The van der Waals surface area contributed by atoms with E-state index in [0.29, 0.717) is 16.3 Å². The molecule has 1 unspecified atom stereocenters. The number of aliphatic imine (C=N–C) groups is 1. The highest BCUT2D eigenvalue weighted by molar-refractivity contribution is 8.02. The Hall–Kier alpha value is -2.84. The topological polar surface area (TPSA) is 62.4 Å². The van der Waals surface area contributed by atoms with Crippen LogP contribution in [0.25, 0.3) is 0 Å². The summed E-state index contributed by atoms with van der Waals surface area (Å²) in [6, 6.07) is 21.6. The van der Waals surface area contributed by atoms with E-state index in [1.807, 2.05) is 66.9 Å². The summed E-state index contributed by atoms with van der Waals surface area (Å²) in [6.07, 6.45) is 1.89. The second-order valence-corrected chi connectivity index (χ2v) is 6.81. The number of rotatable bonds is 5. The van der Waals surface area contributed by atoms with E-state index >= 15 is 0 Å². The summed E-state index contributed by atoms with van der Waals surface area (Å²) in [6.45, 7) is 2.06. The number of carbonyl (C=O) groups is 1. The zero-order valence-electron chi connectivity index (χ0n) is 15.3. The third kappa shape index (κ3) is 3.81. The van der Waals surface area contributed by atoms with Gasteiger partial charge in [0.05, 0.1) is 24.0 Å². The maximum absolute atomic E-state index is 13.0. The summed E-state index contributed by atoms with van der Waals surface area (Å²) in [7, 11) is 0. The molecule has 0 amide bonds. The molecule has 0 saturated heterocycles. The Labute approximate surface area is 163 Å². The smallest absolute Gasteiger partial charge is 0.316 e. The van der Waals surface area contributed by atoms with Crippen LogP contribution in [0.1, 0.15) is 24.0 Å². The number of esters is 1. The van der Waals surface area contributed by atoms with Crippen LogP contribution in [0.2, 0.25) is 0 Å². The monoisotopic (exact) mass is 376 g/mol. The van der Waals surface area contributed by atoms with Crippen molar-refractivity contribution in [3.8, 4) is 6.07 Å². The fourth-order valence-corrected chi connectivity index (χ4v) is 3.90. The molecule has 4 nitrogen and oxygen atoms in total. The summed E-state index contributed by atoms with van der Waals surface area (Å²) in [5, 5.41) is 10.5. The van der Waals surface area contributed by atoms with Crippen LogP contribution in [0, 0.1) is 17.2 Å². The maximum Gasteiger partial charge on any atom is 0.316 e. The second-order valence-electron chi connectivity index (χ2n) is 6.02. The molecule has 0 N–H and O–H groups in total. The van der Waals surface area contributed by atoms with Crippen molar-refractivity contribution in [2.24, 2.45) is 10.9 Å². The van der Waals surface area contributed by atoms with Crippen molar-refractivity contribution >= 4 is 23.4 Å². The highest BCUT2D eigenvalue weighted by atomic mass is 32.2. The number of thioether (sulfide) groups is 1. The largest absolute Gasteiger partial charge is 0.465 e. The summed E-state index contributed by atoms with van der Waals surface area (Å²) >= 11 is 1.42. The number of benzene rings is 2. The first-order valence-corrected chi connectivity index (χ1v) is 9.97. The standard InChI is InChI=1S/C22H20N2O2S/c1-3-26-22(25)19-18(15-10-6-4-7-11-15)17(14-23)21(27-2)24-20(19)16-12-8-5-9-13-16/h4-13,18-19H,3H2,1-2H3/t18-,19?/m1/s1. The number of allylic oxidation sites excluding steroid dienone is 1. The predicted octanol–water partition coefficient (Wildman–Crippen LogP) is 4.55. The molecule has 0 aromatic heterocycles. The van der Waals surface area contributed by atoms with Crippen LogP contribution in [-0.4, -0.2) is 24.5 Å². The van der Waals surface area contributed by atoms with Crippen LogP contribution in [0.5, 0.6) is 0 Å². The van der Waals surface area contributed by atoms with E-state index in [0.717, 1.165) is 11.1 Å². The van der Waals surface area contributed by atoms with Gasteiger partial charge in [-0.2, -0.15) is 5.26 Å². The molecule has 5 heteroatoms. The van der Waals surface area contributed by atoms with E-state index in [9.17, 15) is 10.1 Å². The molecule has 0 radical (unpaired) electrons. The predicted molar refractivity (Wildman–Crippen MR) is 108 cm³/mol. The van der Waals surface area contributed by atoms with E-state index in [2.05, 4.69) is 6.07 Å². The minimum atomic E-state index is -0.666. The van der Waals surface area contributed by atoms with Gasteiger partial charge in [-0.15, -0.1) is 11.8 Å². The van der Waals surface area contributed by atoms with E-state index in [1.54, 1.807) is 6.92 Å². The summed E-state index contributed by atoms with van der Waals surface area (Å²) < 4.78 is 5.39. The van der Waals surface area contributed by atoms with Gasteiger partial charge in [0.25, 0.3) is 0 Å². The normalized spacial score (nSPS) is 19.2. The second kappa shape index (κ2) is 8.70. The molecule has 2 atom stereocenters. The van der Waals surface area contributed by atoms with Gasteiger partial charge in [0.1, 0.15) is 10.9 Å². The highest BCUT2D eigenvalue weighted by Crippen LogP contribution is 2.42. The molecular formula is C22H20N2O2S. The lowest BCUT2D eigenvalue weighted by Crippen LogP contribution is -2.36. The number of hydrogen-bond acceptors (Lipinski definition) is 5. The Morgan fingerprint density at radius 2 is 1.78 bits per heavy atom. The number of nitrogens with zero attached hydrogens (tertiary/aromatic N) is 2. The molecule has 0 fully saturated rings. The molecule has 136 valence electrons. The molecule has 27 heavy (non-hydrogen) atoms. The Morgan fingerprint density at radius 1 is 1.15 bits per heavy atom. The lowest BCUT2D eigenvalue weighted by molar-refractivity contribution is -0.145. The summed E-state index contributed by atoms with van der Waals surface area (Å²) in [5.74, 6) is -1.45. The van der Waals surface area contributed by atoms with Gasteiger partial charge in [0.15, 0.2) is 0 Å². The lowest BCUT2D eigenvalue weighted by atomic mass is 9.75. The van der Waals surface area contributed by atoms with Crippen LogP contribution in [-0.2, 0) is 9.53 Å². The summed E-state index contributed by atoms with van der Waals surface area (Å²) in [4.78, 5) is 17.7. The van der Waals surface area contributed by atoms with Crippen molar-refractivity contribution in [3.05, 3.63) is 82.4 Å². The minimum Gasteiger partial charge on any atom is -0.465 e. The van der Waals surface area contributed by atoms with Crippen molar-refractivity contribution in [1.82, 2.24) is 0 Å².